The summed E-state index contributed by atoms with van der Waals surface area (Å²) >= 11 is 0. The minimum Gasteiger partial charge on any atom is -0.359 e. The third-order valence-corrected chi connectivity index (χ3v) is 5.19. The number of halogens is 7. The minimum absolute atomic E-state index is 0. The predicted molar refractivity (Wildman–Crippen MR) is 109 cm³/mol. The first-order valence-electron chi connectivity index (χ1n) is 9.92. The smallest absolute Gasteiger partial charge is 0.359 e. The second-order valence-electron chi connectivity index (χ2n) is 7.95. The summed E-state index contributed by atoms with van der Waals surface area (Å²) in [5, 5.41) is 3.45. The molecule has 4 heterocycles. The van der Waals surface area contributed by atoms with E-state index in [1.807, 2.05) is 0 Å². The normalized spacial score (nSPS) is 12.4. The number of hydrogen-bond donors (Lipinski definition) is 0. The van der Waals surface area contributed by atoms with Crippen molar-refractivity contribution in [1.29, 1.82) is 0 Å². The van der Waals surface area contributed by atoms with Gasteiger partial charge in [0.15, 0.2) is 0 Å². The fraction of sp³-hybridized carbons (Fsp3) is 0.217. The van der Waals surface area contributed by atoms with Crippen molar-refractivity contribution in [3.8, 4) is 17.1 Å². The Morgan fingerprint density at radius 3 is 2.08 bits per heavy atom. The van der Waals surface area contributed by atoms with E-state index >= 15 is 0 Å². The zero-order valence-electron chi connectivity index (χ0n) is 18.3. The van der Waals surface area contributed by atoms with Crippen LogP contribution in [0.15, 0.2) is 48.7 Å². The first kappa shape index (κ1) is 27.4. The fourth-order valence-corrected chi connectivity index (χ4v) is 3.26. The van der Waals surface area contributed by atoms with Crippen LogP contribution in [0.1, 0.15) is 36.5 Å². The summed E-state index contributed by atoms with van der Waals surface area (Å²) in [6.45, 7) is 3.40. The van der Waals surface area contributed by atoms with Crippen LogP contribution in [0, 0.1) is 18.2 Å². The Morgan fingerprint density at radius 1 is 0.833 bits per heavy atom. The topological polar surface area (TPSA) is 56.5 Å². The first-order chi connectivity index (χ1) is 16.3. The molecule has 190 valence electrons. The number of nitrogens with zero attached hydrogens (tertiary/aromatic N) is 5. The summed E-state index contributed by atoms with van der Waals surface area (Å²) < 4.78 is 93.3. The van der Waals surface area contributed by atoms with Gasteiger partial charge in [-0.25, -0.2) is 0 Å². The van der Waals surface area contributed by atoms with E-state index in [1.165, 1.54) is 18.2 Å². The van der Waals surface area contributed by atoms with Gasteiger partial charge in [-0.3, -0.25) is 14.5 Å². The van der Waals surface area contributed by atoms with Crippen molar-refractivity contribution < 1.29 is 51.8 Å². The van der Waals surface area contributed by atoms with E-state index in [0.717, 1.165) is 4.68 Å². The summed E-state index contributed by atoms with van der Waals surface area (Å²) in [7, 11) is 0. The molecule has 0 saturated carbocycles. The van der Waals surface area contributed by atoms with Crippen LogP contribution >= 0.6 is 0 Å². The molecule has 4 aromatic rings. The van der Waals surface area contributed by atoms with Crippen LogP contribution in [-0.4, -0.2) is 24.7 Å². The Morgan fingerprint density at radius 2 is 1.47 bits per heavy atom. The zero-order valence-corrected chi connectivity index (χ0v) is 20.6. The second kappa shape index (κ2) is 9.72. The van der Waals surface area contributed by atoms with E-state index in [4.69, 9.17) is 0 Å². The van der Waals surface area contributed by atoms with Crippen LogP contribution in [0.25, 0.3) is 17.1 Å². The molecule has 0 N–H and O–H groups in total. The van der Waals surface area contributed by atoms with Crippen molar-refractivity contribution in [2.75, 3.05) is 0 Å². The number of aromatic nitrogens is 5. The Hall–Kier alpha value is -3.14. The van der Waals surface area contributed by atoms with E-state index in [1.54, 1.807) is 32.0 Å². The Labute approximate surface area is 214 Å². The summed E-state index contributed by atoms with van der Waals surface area (Å²) in [4.78, 5) is 12.1. The Balaban J connectivity index is 0.00000361. The molecule has 13 heteroatoms. The number of pyridine rings is 3. The maximum Gasteiger partial charge on any atom is 2.00 e. The molecule has 5 nitrogen and oxygen atoms in total. The first-order valence-corrected chi connectivity index (χ1v) is 9.92. The molecule has 0 atom stereocenters. The van der Waals surface area contributed by atoms with E-state index in [0.29, 0.717) is 23.7 Å². The van der Waals surface area contributed by atoms with Crippen LogP contribution < -0.4 is 0 Å². The van der Waals surface area contributed by atoms with Gasteiger partial charge in [0.1, 0.15) is 0 Å². The van der Waals surface area contributed by atoms with Crippen molar-refractivity contribution in [1.82, 2.24) is 24.7 Å². The largest absolute Gasteiger partial charge is 2.00 e. The van der Waals surface area contributed by atoms with Crippen molar-refractivity contribution >= 4 is 0 Å². The van der Waals surface area contributed by atoms with Crippen LogP contribution in [0.5, 0.6) is 0 Å². The second-order valence-corrected chi connectivity index (χ2v) is 7.95. The van der Waals surface area contributed by atoms with Gasteiger partial charge in [0, 0.05) is 22.4 Å². The molecule has 0 aromatic carbocycles. The van der Waals surface area contributed by atoms with Crippen molar-refractivity contribution in [3.05, 3.63) is 89.5 Å². The van der Waals surface area contributed by atoms with Crippen LogP contribution in [0.4, 0.5) is 30.7 Å². The number of hydrogen-bond acceptors (Lipinski definition) is 4. The average Bonchev–Trinajstić information content (AvgIpc) is 3.30. The van der Waals surface area contributed by atoms with Crippen molar-refractivity contribution in [3.63, 3.8) is 0 Å². The van der Waals surface area contributed by atoms with Gasteiger partial charge in [-0.2, -0.15) is 26.3 Å². The molecule has 0 spiro atoms. The van der Waals surface area contributed by atoms with E-state index in [2.05, 4.69) is 32.4 Å². The van der Waals surface area contributed by atoms with Gasteiger partial charge in [-0.05, 0) is 44.1 Å². The van der Waals surface area contributed by atoms with Crippen LogP contribution in [0.3, 0.4) is 0 Å². The molecule has 4 rings (SSSR count). The maximum atomic E-state index is 14.6. The fourth-order valence-electron chi connectivity index (χ4n) is 3.26. The molecular weight excluding hydrogens is 674 g/mol. The molecule has 0 radical (unpaired) electrons. The van der Waals surface area contributed by atoms with E-state index in [-0.39, 0.29) is 32.6 Å². The van der Waals surface area contributed by atoms with Gasteiger partial charge in [-0.1, -0.05) is 36.0 Å². The molecule has 0 bridgehead atoms. The third kappa shape index (κ3) is 5.33. The third-order valence-electron chi connectivity index (χ3n) is 5.19. The van der Waals surface area contributed by atoms with E-state index < -0.39 is 40.4 Å². The van der Waals surface area contributed by atoms with Gasteiger partial charge < -0.3 is 14.6 Å². The molecule has 0 aliphatic rings. The monoisotopic (exact) mass is 688 g/mol. The van der Waals surface area contributed by atoms with Gasteiger partial charge in [0.2, 0.25) is 0 Å². The molecule has 0 aliphatic carbocycles. The Kier molecular flexibility index (Phi) is 7.41. The van der Waals surface area contributed by atoms with Gasteiger partial charge >= 0.3 is 33.4 Å². The molecule has 0 unspecified atom stereocenters. The van der Waals surface area contributed by atoms with Gasteiger partial charge in [-0.15, -0.1) is 6.07 Å². The van der Waals surface area contributed by atoms with Crippen molar-refractivity contribution in [2.24, 2.45) is 0 Å². The zero-order chi connectivity index (χ0) is 25.6. The Bertz CT molecular complexity index is 1380. The summed E-state index contributed by atoms with van der Waals surface area (Å²) in [6.07, 6.45) is -4.66. The molecule has 0 aliphatic heterocycles. The van der Waals surface area contributed by atoms with Crippen molar-refractivity contribution in [2.45, 2.75) is 31.6 Å². The molecule has 36 heavy (non-hydrogen) atoms. The molecule has 0 saturated heterocycles. The summed E-state index contributed by atoms with van der Waals surface area (Å²) in [5.74, 6) is -1.49. The number of rotatable bonds is 4. The molecule has 4 aromatic heterocycles. The minimum atomic E-state index is -4.95. The summed E-state index contributed by atoms with van der Waals surface area (Å²) in [5.41, 5.74) is -3.67. The molecule has 0 amide bonds. The standard InChI is InChI=1S/C23H14F7N5.Pt/c1-21(2,17-7-4-8-19(33-17)35-10-9-18(34-35)23(28,29)30)16-6-3-5-15(32-16)13-11-31-12-14(20(13)24)22(25,26)27;/h3-9,12H,1-2H3;/q-2;+2. The van der Waals surface area contributed by atoms with Gasteiger partial charge in [0.05, 0.1) is 17.3 Å². The molecular formula is C23H14F7N5Pt. The van der Waals surface area contributed by atoms with Crippen LogP contribution in [0.2, 0.25) is 0 Å². The predicted octanol–water partition coefficient (Wildman–Crippen LogP) is 5.82. The summed E-state index contributed by atoms with van der Waals surface area (Å²) in [6, 6.07) is 9.65. The van der Waals surface area contributed by atoms with Crippen LogP contribution in [-0.2, 0) is 38.8 Å². The maximum absolute atomic E-state index is 14.6. The SMILES string of the molecule is CC(C)(c1cccc(-c2[c-]ncc(C(F)(F)F)c2F)n1)c1cccc(-n2[c-]cc(C(F)(F)F)n2)n1.[Pt+2]. The quantitative estimate of drug-likeness (QED) is 0.200. The average molecular weight is 688 g/mol. The van der Waals surface area contributed by atoms with Gasteiger partial charge in [0.25, 0.3) is 0 Å². The molecule has 0 fully saturated rings. The van der Waals surface area contributed by atoms with E-state index in [9.17, 15) is 30.7 Å². The number of alkyl halides is 6.